The van der Waals surface area contributed by atoms with Crippen LogP contribution < -0.4 is 33.1 Å². The highest BCUT2D eigenvalue weighted by Gasteiger charge is 2.29. The Balaban J connectivity index is 1.91. The zero-order valence-corrected chi connectivity index (χ0v) is 15.1. The molecular weight excluding hydrogens is 349 g/mol. The van der Waals surface area contributed by atoms with Crippen molar-refractivity contribution in [2.75, 3.05) is 11.3 Å². The van der Waals surface area contributed by atoms with E-state index in [1.54, 1.807) is 26.0 Å². The van der Waals surface area contributed by atoms with Gasteiger partial charge in [0, 0.05) is 17.8 Å². The number of allylic oxidation sites excluding steroid dienone is 1. The lowest BCUT2D eigenvalue weighted by molar-refractivity contribution is 0.570. The van der Waals surface area contributed by atoms with Gasteiger partial charge in [-0.25, -0.2) is 13.9 Å². The largest absolute Gasteiger partial charge is 0.350 e. The van der Waals surface area contributed by atoms with Crippen LogP contribution in [0.2, 0.25) is 0 Å². The van der Waals surface area contributed by atoms with Gasteiger partial charge < -0.3 is 5.84 Å². The Hall–Kier alpha value is -3.29. The molecule has 4 rings (SSSR count). The van der Waals surface area contributed by atoms with Crippen molar-refractivity contribution in [1.29, 1.82) is 0 Å². The molecule has 0 spiro atoms. The Bertz CT molecular complexity index is 1220. The summed E-state index contributed by atoms with van der Waals surface area (Å²) >= 11 is 0. The molecule has 2 heterocycles. The van der Waals surface area contributed by atoms with Crippen LogP contribution in [-0.4, -0.2) is 14.3 Å². The van der Waals surface area contributed by atoms with E-state index in [2.05, 4.69) is 12.0 Å². The van der Waals surface area contributed by atoms with Gasteiger partial charge >= 0.3 is 5.69 Å². The summed E-state index contributed by atoms with van der Waals surface area (Å²) in [5, 5.41) is 2.08. The zero-order chi connectivity index (χ0) is 19.5. The van der Waals surface area contributed by atoms with Crippen molar-refractivity contribution in [2.24, 2.45) is 0 Å². The van der Waals surface area contributed by atoms with Gasteiger partial charge in [-0.05, 0) is 44.4 Å². The third-order valence-corrected chi connectivity index (χ3v) is 4.97. The molecule has 1 fully saturated rings. The van der Waals surface area contributed by atoms with Gasteiger partial charge in [0.2, 0.25) is 0 Å². The fourth-order valence-electron chi connectivity index (χ4n) is 3.28. The third kappa shape index (κ3) is 2.64. The molecule has 8 heteroatoms. The topological polar surface area (TPSA) is 85.3 Å². The molecule has 1 aromatic heterocycles. The number of aryl methyl sites for hydroxylation is 1. The highest BCUT2D eigenvalue weighted by molar-refractivity contribution is 5.65. The number of halogens is 1. The van der Waals surface area contributed by atoms with E-state index in [0.717, 1.165) is 23.1 Å². The van der Waals surface area contributed by atoms with Crippen molar-refractivity contribution >= 4 is 17.5 Å². The predicted octanol–water partition coefficient (Wildman–Crippen LogP) is 0.271. The summed E-state index contributed by atoms with van der Waals surface area (Å²) in [7, 11) is 0. The number of nitrogens with one attached hydrogen (secondary N) is 1. The van der Waals surface area contributed by atoms with Crippen LogP contribution in [0.1, 0.15) is 31.4 Å². The van der Waals surface area contributed by atoms with Crippen LogP contribution in [0.4, 0.5) is 10.1 Å². The van der Waals surface area contributed by atoms with E-state index in [4.69, 9.17) is 5.84 Å². The number of benzene rings is 1. The van der Waals surface area contributed by atoms with E-state index in [1.165, 1.54) is 21.8 Å². The van der Waals surface area contributed by atoms with E-state index in [9.17, 15) is 14.0 Å². The molecule has 27 heavy (non-hydrogen) atoms. The lowest BCUT2D eigenvalue weighted by atomic mass is 10.1. The lowest BCUT2D eigenvalue weighted by Gasteiger charge is -2.28. The summed E-state index contributed by atoms with van der Waals surface area (Å²) in [5.74, 6) is 5.58. The van der Waals surface area contributed by atoms with Gasteiger partial charge in [0.25, 0.3) is 5.56 Å². The average molecular weight is 369 g/mol. The maximum atomic E-state index is 14.2. The zero-order valence-electron chi connectivity index (χ0n) is 15.1. The molecule has 7 nitrogen and oxygen atoms in total. The van der Waals surface area contributed by atoms with Gasteiger partial charge in [-0.2, -0.15) is 0 Å². The van der Waals surface area contributed by atoms with Crippen LogP contribution >= 0.6 is 0 Å². The Morgan fingerprint density at radius 1 is 1.26 bits per heavy atom. The van der Waals surface area contributed by atoms with Gasteiger partial charge in [-0.3, -0.25) is 19.8 Å². The SMILES string of the molecule is C=C1C(C)=c2c(c(=O)n(C3CC3)c(=O)n2N)=CN1Nc1ccc(C)cc1F. The van der Waals surface area contributed by atoms with Crippen LogP contribution in [-0.2, 0) is 0 Å². The maximum Gasteiger partial charge on any atom is 0.350 e. The van der Waals surface area contributed by atoms with Crippen LogP contribution in [0.3, 0.4) is 0 Å². The Morgan fingerprint density at radius 3 is 2.59 bits per heavy atom. The highest BCUT2D eigenvalue weighted by Crippen LogP contribution is 2.31. The standard InChI is InChI=1S/C19H20FN5O2/c1-10-4-7-16(15(20)8-10)22-23-9-14-17(11(2)12(23)3)25(21)19(27)24(18(14)26)13-5-6-13/h4,7-9,13,22H,3,5-6,21H2,1-2H3. The minimum Gasteiger partial charge on any atom is -0.335 e. The number of aromatic nitrogens is 2. The minimum absolute atomic E-state index is 0.111. The van der Waals surface area contributed by atoms with Gasteiger partial charge in [0.05, 0.1) is 22.0 Å². The normalized spacial score (nSPS) is 16.2. The van der Waals surface area contributed by atoms with Crippen LogP contribution in [0.25, 0.3) is 11.8 Å². The number of hydrazine groups is 1. The minimum atomic E-state index is -0.534. The molecule has 1 aliphatic heterocycles. The first-order valence-corrected chi connectivity index (χ1v) is 8.66. The average Bonchev–Trinajstić information content (AvgIpc) is 3.44. The number of hydrogen-bond donors (Lipinski definition) is 2. The number of fused-ring (bicyclic) bond motifs is 1. The number of nitrogen functional groups attached to an aromatic ring is 1. The van der Waals surface area contributed by atoms with Gasteiger partial charge in [0.1, 0.15) is 5.82 Å². The number of nitrogens with two attached hydrogens (primary N) is 1. The molecule has 1 aliphatic carbocycles. The molecule has 0 bridgehead atoms. The summed E-state index contributed by atoms with van der Waals surface area (Å²) in [6, 6.07) is 4.69. The molecule has 140 valence electrons. The van der Waals surface area contributed by atoms with Crippen molar-refractivity contribution < 1.29 is 4.39 Å². The highest BCUT2D eigenvalue weighted by atomic mass is 19.1. The van der Waals surface area contributed by atoms with Crippen molar-refractivity contribution in [3.63, 3.8) is 0 Å². The summed E-state index contributed by atoms with van der Waals surface area (Å²) in [6.07, 6.45) is 3.06. The number of nitrogens with zero attached hydrogens (tertiary/aromatic N) is 3. The molecule has 1 saturated carbocycles. The smallest absolute Gasteiger partial charge is 0.335 e. The maximum absolute atomic E-state index is 14.2. The van der Waals surface area contributed by atoms with Crippen molar-refractivity contribution in [2.45, 2.75) is 32.7 Å². The second-order valence-corrected chi connectivity index (χ2v) is 6.99. The van der Waals surface area contributed by atoms with E-state index in [1.807, 2.05) is 0 Å². The second kappa shape index (κ2) is 5.87. The molecule has 1 aromatic carbocycles. The van der Waals surface area contributed by atoms with E-state index in [0.29, 0.717) is 16.6 Å². The monoisotopic (exact) mass is 369 g/mol. The number of hydrogen-bond acceptors (Lipinski definition) is 5. The first kappa shape index (κ1) is 17.1. The molecule has 2 aromatic rings. The van der Waals surface area contributed by atoms with E-state index in [-0.39, 0.29) is 16.9 Å². The molecule has 0 unspecified atom stereocenters. The summed E-state index contributed by atoms with van der Waals surface area (Å²) in [6.45, 7) is 7.50. The van der Waals surface area contributed by atoms with Crippen molar-refractivity contribution in [1.82, 2.24) is 14.3 Å². The first-order chi connectivity index (χ1) is 12.8. The quantitative estimate of drug-likeness (QED) is 0.759. The Kier molecular flexibility index (Phi) is 3.73. The van der Waals surface area contributed by atoms with Crippen LogP contribution in [0.15, 0.2) is 40.1 Å². The molecule has 0 radical (unpaired) electrons. The fraction of sp³-hybridized carbons (Fsp3) is 0.263. The van der Waals surface area contributed by atoms with E-state index >= 15 is 0 Å². The van der Waals surface area contributed by atoms with Crippen LogP contribution in [0, 0.1) is 12.7 Å². The Labute approximate surface area is 154 Å². The second-order valence-electron chi connectivity index (χ2n) is 6.99. The fourth-order valence-corrected chi connectivity index (χ4v) is 3.28. The summed E-state index contributed by atoms with van der Waals surface area (Å²) in [5.41, 5.74) is 4.06. The van der Waals surface area contributed by atoms with Gasteiger partial charge in [-0.1, -0.05) is 12.6 Å². The summed E-state index contributed by atoms with van der Waals surface area (Å²) < 4.78 is 16.4. The van der Waals surface area contributed by atoms with Gasteiger partial charge in [-0.15, -0.1) is 0 Å². The molecule has 0 atom stereocenters. The molecule has 0 saturated heterocycles. The van der Waals surface area contributed by atoms with Crippen molar-refractivity contribution in [3.8, 4) is 0 Å². The Morgan fingerprint density at radius 2 is 1.96 bits per heavy atom. The van der Waals surface area contributed by atoms with Crippen molar-refractivity contribution in [3.05, 3.63) is 73.3 Å². The molecular formula is C19H20FN5O2. The third-order valence-electron chi connectivity index (χ3n) is 4.97. The number of rotatable bonds is 3. The molecule has 2 aliphatic rings. The predicted molar refractivity (Wildman–Crippen MR) is 102 cm³/mol. The first-order valence-electron chi connectivity index (χ1n) is 8.66. The lowest BCUT2D eigenvalue weighted by Crippen LogP contribution is -2.63. The van der Waals surface area contributed by atoms with Crippen LogP contribution in [0.5, 0.6) is 0 Å². The number of anilines is 1. The summed E-state index contributed by atoms with van der Waals surface area (Å²) in [4.78, 5) is 25.4. The molecule has 3 N–H and O–H groups in total. The van der Waals surface area contributed by atoms with E-state index < -0.39 is 17.1 Å². The van der Waals surface area contributed by atoms with Gasteiger partial charge in [0.15, 0.2) is 0 Å². The molecule has 0 amide bonds.